The van der Waals surface area contributed by atoms with Crippen molar-refractivity contribution >= 4 is 39.2 Å². The molecule has 5 rings (SSSR count). The molecule has 0 saturated carbocycles. The Labute approximate surface area is 238 Å². The van der Waals surface area contributed by atoms with Crippen LogP contribution < -0.4 is 10.6 Å². The number of hydrogen-bond donors (Lipinski definition) is 2. The van der Waals surface area contributed by atoms with Gasteiger partial charge in [0.05, 0.1) is 35.4 Å². The number of hydrogen-bond acceptors (Lipinski definition) is 8. The normalized spacial score (nSPS) is 16.9. The number of benzene rings is 1. The summed E-state index contributed by atoms with van der Waals surface area (Å²) in [5, 5.41) is 11.7. The highest BCUT2D eigenvalue weighted by Gasteiger charge is 2.28. The third-order valence-electron chi connectivity index (χ3n) is 7.18. The summed E-state index contributed by atoms with van der Waals surface area (Å²) >= 11 is 6.61. The highest BCUT2D eigenvalue weighted by molar-refractivity contribution is 7.88. The summed E-state index contributed by atoms with van der Waals surface area (Å²) in [6, 6.07) is 6.06. The number of nitrogens with zero attached hydrogens (tertiary/aromatic N) is 7. The molecule has 0 unspecified atom stereocenters. The van der Waals surface area contributed by atoms with Crippen LogP contribution in [0.25, 0.3) is 21.8 Å². The summed E-state index contributed by atoms with van der Waals surface area (Å²) in [4.78, 5) is 25.6. The fourth-order valence-electron chi connectivity index (χ4n) is 4.80. The van der Waals surface area contributed by atoms with Crippen LogP contribution in [0.3, 0.4) is 0 Å². The number of sulfonamides is 1. The van der Waals surface area contributed by atoms with Gasteiger partial charge in [-0.15, -0.1) is 0 Å². The summed E-state index contributed by atoms with van der Waals surface area (Å²) in [5.74, 6) is 0.468. The maximum Gasteiger partial charge on any atom is 0.231 e. The number of carbonyl (C=O) groups excluding carboxylic acids is 1. The number of carbonyl (C=O) groups is 1. The number of aromatic nitrogens is 4. The summed E-state index contributed by atoms with van der Waals surface area (Å²) in [6.45, 7) is 12.1. The molecule has 2 fully saturated rings. The van der Waals surface area contributed by atoms with E-state index in [9.17, 15) is 13.2 Å². The molecule has 14 heteroatoms. The molecule has 40 heavy (non-hydrogen) atoms. The van der Waals surface area contributed by atoms with Crippen LogP contribution in [0.4, 0.5) is 11.6 Å². The number of nitrogens with one attached hydrogen (secondary N) is 2. The van der Waals surface area contributed by atoms with E-state index < -0.39 is 10.0 Å². The fourth-order valence-corrected chi connectivity index (χ4v) is 5.97. The summed E-state index contributed by atoms with van der Waals surface area (Å²) in [6.07, 6.45) is 7.38. The first-order chi connectivity index (χ1) is 19.1. The Balaban J connectivity index is 1.26. The van der Waals surface area contributed by atoms with Crippen LogP contribution in [0.2, 0.25) is 5.02 Å². The predicted molar refractivity (Wildman–Crippen MR) is 152 cm³/mol. The molecule has 0 bridgehead atoms. The molecule has 1 amide bonds. The summed E-state index contributed by atoms with van der Waals surface area (Å²) in [7, 11) is -3.20. The van der Waals surface area contributed by atoms with Crippen molar-refractivity contribution in [3.8, 4) is 16.9 Å². The second-order valence-electron chi connectivity index (χ2n) is 10.1. The van der Waals surface area contributed by atoms with Gasteiger partial charge in [-0.1, -0.05) is 17.7 Å². The number of amides is 1. The Morgan fingerprint density at radius 1 is 1.20 bits per heavy atom. The minimum Gasteiger partial charge on any atom is -0.351 e. The third kappa shape index (κ3) is 6.26. The van der Waals surface area contributed by atoms with Gasteiger partial charge in [0.15, 0.2) is 0 Å². The quantitative estimate of drug-likeness (QED) is 0.387. The second-order valence-corrected chi connectivity index (χ2v) is 12.5. The van der Waals surface area contributed by atoms with Crippen molar-refractivity contribution in [1.82, 2.24) is 34.3 Å². The average Bonchev–Trinajstić information content (AvgIpc) is 3.37. The Morgan fingerprint density at radius 3 is 2.60 bits per heavy atom. The van der Waals surface area contributed by atoms with E-state index >= 15 is 0 Å². The lowest BCUT2D eigenvalue weighted by Gasteiger charge is -2.39. The number of likely N-dealkylation sites (tertiary alicyclic amines) is 1. The Bertz CT molecular complexity index is 1560. The molecule has 2 aliphatic heterocycles. The lowest BCUT2D eigenvalue weighted by atomic mass is 10.1. The molecule has 2 aliphatic rings. The second kappa shape index (κ2) is 11.5. The molecule has 2 saturated heterocycles. The smallest absolute Gasteiger partial charge is 0.231 e. The maximum atomic E-state index is 11.8. The van der Waals surface area contributed by atoms with Crippen molar-refractivity contribution in [2.24, 2.45) is 0 Å². The van der Waals surface area contributed by atoms with Crippen LogP contribution in [0.1, 0.15) is 25.3 Å². The minimum absolute atomic E-state index is 0.0246. The molecule has 3 aromatic rings. The molecule has 12 nitrogen and oxygen atoms in total. The standard InChI is InChI=1S/C26H30ClN9O3S/c1-17(37)34-15-21(16-34)29-11-18-4-5-24(22(27)10-18)36-14-19(12-31-36)25-23(28-2)13-30-26(33-25)32-20-6-8-35(9-7-20)40(3,38)39/h4-5,10,12-14,20-21,29H,6-9,11,15-16H2,1,3H3,(H,30,32,33). The molecule has 210 valence electrons. The van der Waals surface area contributed by atoms with Gasteiger partial charge in [-0.2, -0.15) is 5.10 Å². The zero-order chi connectivity index (χ0) is 28.4. The van der Waals surface area contributed by atoms with Gasteiger partial charge in [0, 0.05) is 69.7 Å². The van der Waals surface area contributed by atoms with Crippen LogP contribution >= 0.6 is 11.6 Å². The van der Waals surface area contributed by atoms with Crippen LogP contribution in [-0.4, -0.2) is 87.8 Å². The Hall–Kier alpha value is -3.57. The molecule has 0 radical (unpaired) electrons. The lowest BCUT2D eigenvalue weighted by Crippen LogP contribution is -2.59. The Morgan fingerprint density at radius 2 is 1.95 bits per heavy atom. The van der Waals surface area contributed by atoms with Crippen molar-refractivity contribution in [2.45, 2.75) is 38.4 Å². The number of rotatable bonds is 8. The van der Waals surface area contributed by atoms with Gasteiger partial charge >= 0.3 is 0 Å². The van der Waals surface area contributed by atoms with Crippen molar-refractivity contribution in [3.05, 3.63) is 58.8 Å². The zero-order valence-electron chi connectivity index (χ0n) is 22.2. The predicted octanol–water partition coefficient (Wildman–Crippen LogP) is 2.69. The minimum atomic E-state index is -3.20. The van der Waals surface area contributed by atoms with Gasteiger partial charge in [-0.25, -0.2) is 32.2 Å². The third-order valence-corrected chi connectivity index (χ3v) is 8.79. The monoisotopic (exact) mass is 583 g/mol. The Kier molecular flexibility index (Phi) is 8.04. The summed E-state index contributed by atoms with van der Waals surface area (Å²) < 4.78 is 26.7. The van der Waals surface area contributed by atoms with Gasteiger partial charge in [0.1, 0.15) is 0 Å². The van der Waals surface area contributed by atoms with E-state index in [1.165, 1.54) is 16.8 Å². The van der Waals surface area contributed by atoms with E-state index in [4.69, 9.17) is 18.2 Å². The molecule has 2 aromatic heterocycles. The highest BCUT2D eigenvalue weighted by atomic mass is 35.5. The highest BCUT2D eigenvalue weighted by Crippen LogP contribution is 2.31. The van der Waals surface area contributed by atoms with E-state index in [0.29, 0.717) is 79.2 Å². The molecule has 0 aliphatic carbocycles. The fraction of sp³-hybridized carbons (Fsp3) is 0.423. The van der Waals surface area contributed by atoms with Crippen molar-refractivity contribution < 1.29 is 13.2 Å². The van der Waals surface area contributed by atoms with Gasteiger partial charge in [-0.3, -0.25) is 4.79 Å². The first-order valence-electron chi connectivity index (χ1n) is 12.9. The molecule has 0 spiro atoms. The summed E-state index contributed by atoms with van der Waals surface area (Å²) in [5.41, 5.74) is 3.10. The van der Waals surface area contributed by atoms with Gasteiger partial charge in [0.25, 0.3) is 0 Å². The molecule has 0 atom stereocenters. The van der Waals surface area contributed by atoms with Gasteiger partial charge in [-0.05, 0) is 30.5 Å². The topological polar surface area (TPSA) is 130 Å². The first-order valence-corrected chi connectivity index (χ1v) is 15.1. The van der Waals surface area contributed by atoms with Crippen LogP contribution in [-0.2, 0) is 21.4 Å². The van der Waals surface area contributed by atoms with Crippen molar-refractivity contribution in [3.63, 3.8) is 0 Å². The van der Waals surface area contributed by atoms with Crippen molar-refractivity contribution in [1.29, 1.82) is 0 Å². The molecular weight excluding hydrogens is 554 g/mol. The van der Waals surface area contributed by atoms with E-state index in [0.717, 1.165) is 5.56 Å². The van der Waals surface area contributed by atoms with Gasteiger partial charge < -0.3 is 15.5 Å². The van der Waals surface area contributed by atoms with Crippen molar-refractivity contribution in [2.75, 3.05) is 37.8 Å². The molecule has 1 aromatic carbocycles. The maximum absolute atomic E-state index is 11.8. The average molecular weight is 584 g/mol. The van der Waals surface area contributed by atoms with E-state index in [1.807, 2.05) is 18.2 Å². The first kappa shape index (κ1) is 28.0. The molecule has 4 heterocycles. The van der Waals surface area contributed by atoms with E-state index in [-0.39, 0.29) is 18.0 Å². The molecular formula is C26H30ClN9O3S. The SMILES string of the molecule is [C-]#[N+]c1cnc(NC2CCN(S(C)(=O)=O)CC2)nc1-c1cnn(-c2ccc(CNC3CN(C(C)=O)C3)cc2Cl)c1. The van der Waals surface area contributed by atoms with Crippen LogP contribution in [0.5, 0.6) is 0 Å². The molecule has 2 N–H and O–H groups in total. The number of piperidine rings is 1. The van der Waals surface area contributed by atoms with E-state index in [2.05, 4.69) is 30.5 Å². The largest absolute Gasteiger partial charge is 0.351 e. The van der Waals surface area contributed by atoms with E-state index in [1.54, 1.807) is 28.9 Å². The van der Waals surface area contributed by atoms with Crippen LogP contribution in [0.15, 0.2) is 36.8 Å². The lowest BCUT2D eigenvalue weighted by molar-refractivity contribution is -0.133. The van der Waals surface area contributed by atoms with Crippen LogP contribution in [0, 0.1) is 6.57 Å². The zero-order valence-corrected chi connectivity index (χ0v) is 23.8. The number of anilines is 1. The van der Waals surface area contributed by atoms with Gasteiger partial charge in [0.2, 0.25) is 27.6 Å². The number of halogens is 1.